The van der Waals surface area contributed by atoms with E-state index in [0.717, 1.165) is 53.8 Å². The van der Waals surface area contributed by atoms with Crippen molar-refractivity contribution in [2.45, 2.75) is 38.6 Å². The number of rotatable bonds is 3. The van der Waals surface area contributed by atoms with Gasteiger partial charge in [-0.2, -0.15) is 0 Å². The van der Waals surface area contributed by atoms with Gasteiger partial charge in [0.05, 0.1) is 16.7 Å². The fourth-order valence-corrected chi connectivity index (χ4v) is 3.68. The number of aromatic amines is 1. The average molecular weight is 335 g/mol. The lowest BCUT2D eigenvalue weighted by atomic mass is 9.96. The molecule has 2 heterocycles. The third-order valence-corrected chi connectivity index (χ3v) is 5.00. The zero-order valence-electron chi connectivity index (χ0n) is 14.2. The van der Waals surface area contributed by atoms with E-state index >= 15 is 0 Å². The summed E-state index contributed by atoms with van der Waals surface area (Å²) in [5.41, 5.74) is 5.01. The van der Waals surface area contributed by atoms with Crippen LogP contribution in [0.5, 0.6) is 0 Å². The van der Waals surface area contributed by atoms with E-state index < -0.39 is 6.09 Å². The lowest BCUT2D eigenvalue weighted by Gasteiger charge is -2.33. The molecule has 1 aliphatic heterocycles. The van der Waals surface area contributed by atoms with Crippen molar-refractivity contribution in [3.63, 3.8) is 0 Å². The van der Waals surface area contributed by atoms with Crippen molar-refractivity contribution in [2.24, 2.45) is 0 Å². The summed E-state index contributed by atoms with van der Waals surface area (Å²) in [6, 6.07) is 14.2. The summed E-state index contributed by atoms with van der Waals surface area (Å²) in [7, 11) is 0. The van der Waals surface area contributed by atoms with E-state index in [9.17, 15) is 9.90 Å². The van der Waals surface area contributed by atoms with Gasteiger partial charge in [0.15, 0.2) is 0 Å². The summed E-state index contributed by atoms with van der Waals surface area (Å²) in [4.78, 5) is 21.3. The Labute approximate surface area is 146 Å². The van der Waals surface area contributed by atoms with Crippen molar-refractivity contribution in [3.8, 4) is 0 Å². The van der Waals surface area contributed by atoms with Gasteiger partial charge >= 0.3 is 6.09 Å². The van der Waals surface area contributed by atoms with Crippen molar-refractivity contribution >= 4 is 22.8 Å². The van der Waals surface area contributed by atoms with E-state index in [1.54, 1.807) is 0 Å². The molecule has 0 saturated carbocycles. The minimum Gasteiger partial charge on any atom is -0.465 e. The fourth-order valence-electron chi connectivity index (χ4n) is 3.68. The fraction of sp³-hybridized carbons (Fsp3) is 0.300. The van der Waals surface area contributed by atoms with Crippen LogP contribution in [0.1, 0.15) is 30.3 Å². The smallest absolute Gasteiger partial charge is 0.412 e. The number of H-pyrrole nitrogens is 1. The van der Waals surface area contributed by atoms with E-state index in [2.05, 4.69) is 17.1 Å². The summed E-state index contributed by atoms with van der Waals surface area (Å²) in [6.45, 7) is 1.96. The second kappa shape index (κ2) is 6.24. The Morgan fingerprint density at radius 3 is 2.80 bits per heavy atom. The van der Waals surface area contributed by atoms with E-state index in [0.29, 0.717) is 0 Å². The van der Waals surface area contributed by atoms with Crippen molar-refractivity contribution in [1.82, 2.24) is 9.97 Å². The Morgan fingerprint density at radius 1 is 1.24 bits per heavy atom. The summed E-state index contributed by atoms with van der Waals surface area (Å²) in [6.07, 6.45) is 2.56. The Hall–Kier alpha value is -2.82. The molecule has 1 aromatic heterocycles. The number of nitrogens with zero attached hydrogens (tertiary/aromatic N) is 2. The third-order valence-electron chi connectivity index (χ3n) is 5.00. The van der Waals surface area contributed by atoms with Crippen LogP contribution >= 0.6 is 0 Å². The number of hydrogen-bond donors (Lipinski definition) is 2. The number of aromatic nitrogens is 2. The monoisotopic (exact) mass is 335 g/mol. The number of imidazole rings is 1. The van der Waals surface area contributed by atoms with Gasteiger partial charge in [-0.05, 0) is 43.9 Å². The van der Waals surface area contributed by atoms with Crippen molar-refractivity contribution in [2.75, 3.05) is 4.90 Å². The molecule has 2 N–H and O–H groups in total. The predicted molar refractivity (Wildman–Crippen MR) is 98.2 cm³/mol. The molecule has 25 heavy (non-hydrogen) atoms. The minimum atomic E-state index is -0.896. The molecule has 0 unspecified atom stereocenters. The summed E-state index contributed by atoms with van der Waals surface area (Å²) in [5, 5.41) is 9.54. The van der Waals surface area contributed by atoms with Crippen LogP contribution in [0, 0.1) is 0 Å². The van der Waals surface area contributed by atoms with Crippen LogP contribution in [0.4, 0.5) is 10.5 Å². The molecule has 0 aliphatic carbocycles. The third kappa shape index (κ3) is 2.86. The molecule has 1 amide bonds. The zero-order chi connectivity index (χ0) is 17.4. The first-order valence-corrected chi connectivity index (χ1v) is 8.70. The highest BCUT2D eigenvalue weighted by molar-refractivity contribution is 5.94. The molecule has 0 fully saturated rings. The number of hydrogen-bond acceptors (Lipinski definition) is 2. The summed E-state index contributed by atoms with van der Waals surface area (Å²) < 4.78 is 0. The Morgan fingerprint density at radius 2 is 2.04 bits per heavy atom. The SMILES string of the molecule is C[C@H]1CCc2c(ccc3[nH]c(CCc4ccccc4)nc23)N1C(=O)O. The largest absolute Gasteiger partial charge is 0.465 e. The second-order valence-corrected chi connectivity index (χ2v) is 6.67. The molecule has 5 heteroatoms. The maximum Gasteiger partial charge on any atom is 0.412 e. The Bertz CT molecular complexity index is 917. The molecule has 4 rings (SSSR count). The van der Waals surface area contributed by atoms with Crippen LogP contribution in [-0.2, 0) is 19.3 Å². The molecule has 0 spiro atoms. The molecule has 1 atom stereocenters. The maximum atomic E-state index is 11.6. The number of carbonyl (C=O) groups is 1. The molecule has 128 valence electrons. The number of amides is 1. The zero-order valence-corrected chi connectivity index (χ0v) is 14.2. The van der Waals surface area contributed by atoms with Gasteiger partial charge in [-0.25, -0.2) is 9.78 Å². The molecule has 1 aliphatic rings. The van der Waals surface area contributed by atoms with Gasteiger partial charge in [0.25, 0.3) is 0 Å². The molecule has 3 aromatic rings. The van der Waals surface area contributed by atoms with E-state index in [1.807, 2.05) is 37.3 Å². The first-order valence-electron chi connectivity index (χ1n) is 8.70. The van der Waals surface area contributed by atoms with Crippen LogP contribution in [0.25, 0.3) is 11.0 Å². The normalized spacial score (nSPS) is 16.8. The first-order chi connectivity index (χ1) is 12.1. The molecular weight excluding hydrogens is 314 g/mol. The molecular formula is C20H21N3O2. The number of fused-ring (bicyclic) bond motifs is 3. The molecule has 0 radical (unpaired) electrons. The van der Waals surface area contributed by atoms with E-state index in [4.69, 9.17) is 4.98 Å². The number of benzene rings is 2. The number of carboxylic acid groups (broad SMARTS) is 1. The number of nitrogens with one attached hydrogen (secondary N) is 1. The maximum absolute atomic E-state index is 11.6. The highest BCUT2D eigenvalue weighted by atomic mass is 16.4. The van der Waals surface area contributed by atoms with Crippen LogP contribution in [0.2, 0.25) is 0 Å². The van der Waals surface area contributed by atoms with Crippen LogP contribution in [0.15, 0.2) is 42.5 Å². The molecule has 0 saturated heterocycles. The minimum absolute atomic E-state index is 0.000979. The van der Waals surface area contributed by atoms with E-state index in [-0.39, 0.29) is 6.04 Å². The van der Waals surface area contributed by atoms with Crippen LogP contribution in [-0.4, -0.2) is 27.2 Å². The van der Waals surface area contributed by atoms with Crippen molar-refractivity contribution < 1.29 is 9.90 Å². The van der Waals surface area contributed by atoms with Gasteiger partial charge in [-0.3, -0.25) is 4.90 Å². The van der Waals surface area contributed by atoms with E-state index in [1.165, 1.54) is 10.5 Å². The van der Waals surface area contributed by atoms with Gasteiger partial charge in [-0.1, -0.05) is 30.3 Å². The van der Waals surface area contributed by atoms with Crippen molar-refractivity contribution in [1.29, 1.82) is 0 Å². The highest BCUT2D eigenvalue weighted by Gasteiger charge is 2.29. The van der Waals surface area contributed by atoms with Gasteiger partial charge in [0, 0.05) is 18.0 Å². The summed E-state index contributed by atoms with van der Waals surface area (Å²) >= 11 is 0. The van der Waals surface area contributed by atoms with Gasteiger partial charge < -0.3 is 10.1 Å². The summed E-state index contributed by atoms with van der Waals surface area (Å²) in [5.74, 6) is 0.952. The van der Waals surface area contributed by atoms with Crippen molar-refractivity contribution in [3.05, 3.63) is 59.4 Å². The first kappa shape index (κ1) is 15.7. The van der Waals surface area contributed by atoms with Crippen LogP contribution < -0.4 is 4.90 Å². The quantitative estimate of drug-likeness (QED) is 0.755. The van der Waals surface area contributed by atoms with Crippen LogP contribution in [0.3, 0.4) is 0 Å². The van der Waals surface area contributed by atoms with Gasteiger partial charge in [0.1, 0.15) is 5.82 Å². The van der Waals surface area contributed by atoms with Gasteiger partial charge in [0.2, 0.25) is 0 Å². The highest BCUT2D eigenvalue weighted by Crippen LogP contribution is 2.35. The molecule has 0 bridgehead atoms. The lowest BCUT2D eigenvalue weighted by Crippen LogP contribution is -2.41. The Balaban J connectivity index is 1.66. The number of anilines is 1. The van der Waals surface area contributed by atoms with Gasteiger partial charge in [-0.15, -0.1) is 0 Å². The number of aryl methyl sites for hydroxylation is 3. The second-order valence-electron chi connectivity index (χ2n) is 6.67. The topological polar surface area (TPSA) is 69.2 Å². The predicted octanol–water partition coefficient (Wildman–Crippen LogP) is 4.17. The average Bonchev–Trinajstić information content (AvgIpc) is 3.03. The molecule has 5 nitrogen and oxygen atoms in total. The standard InChI is InChI=1S/C20H21N3O2/c1-13-7-9-15-17(23(13)20(24)25)11-10-16-19(15)22-18(21-16)12-8-14-5-3-2-4-6-14/h2-6,10-11,13H,7-9,12H2,1H3,(H,21,22)(H,24,25)/t13-/m0/s1. The molecule has 2 aromatic carbocycles. The lowest BCUT2D eigenvalue weighted by molar-refractivity contribution is 0.198. The Kier molecular flexibility index (Phi) is 3.92.